The molecule has 1 aromatic carbocycles. The van der Waals surface area contributed by atoms with Crippen molar-refractivity contribution >= 4 is 17.4 Å². The van der Waals surface area contributed by atoms with Crippen LogP contribution in [0.1, 0.15) is 6.42 Å². The zero-order valence-electron chi connectivity index (χ0n) is 9.72. The molecule has 18 heavy (non-hydrogen) atoms. The predicted octanol–water partition coefficient (Wildman–Crippen LogP) is 1.40. The largest absolute Gasteiger partial charge is 0.493 e. The molecule has 6 nitrogen and oxygen atoms in total. The van der Waals surface area contributed by atoms with Gasteiger partial charge in [-0.25, -0.2) is 0 Å². The van der Waals surface area contributed by atoms with Gasteiger partial charge in [-0.05, 0) is 12.1 Å². The molecular formula is C12H14N4O2. The molecule has 0 unspecified atom stereocenters. The van der Waals surface area contributed by atoms with E-state index in [0.717, 1.165) is 0 Å². The lowest BCUT2D eigenvalue weighted by Gasteiger charge is -2.06. The van der Waals surface area contributed by atoms with Crippen LogP contribution in [-0.4, -0.2) is 22.7 Å². The number of amides is 1. The van der Waals surface area contributed by atoms with Crippen LogP contribution in [0.3, 0.4) is 0 Å². The third-order valence-electron chi connectivity index (χ3n) is 2.23. The van der Waals surface area contributed by atoms with Crippen LogP contribution < -0.4 is 15.8 Å². The van der Waals surface area contributed by atoms with Crippen LogP contribution in [0.15, 0.2) is 36.5 Å². The van der Waals surface area contributed by atoms with Crippen LogP contribution >= 0.6 is 0 Å². The molecule has 0 saturated carbocycles. The lowest BCUT2D eigenvalue weighted by Crippen LogP contribution is -2.15. The first kappa shape index (κ1) is 12.0. The van der Waals surface area contributed by atoms with E-state index in [1.807, 2.05) is 0 Å². The molecule has 0 radical (unpaired) electrons. The normalized spacial score (nSPS) is 10.0. The lowest BCUT2D eigenvalue weighted by molar-refractivity contribution is -0.116. The Labute approximate surface area is 104 Å². The van der Waals surface area contributed by atoms with Gasteiger partial charge in [0.25, 0.3) is 0 Å². The summed E-state index contributed by atoms with van der Waals surface area (Å²) in [5, 5.41) is 9.03. The standard InChI is InChI=1S/C12H14N4O2/c13-9-2-1-3-10(8-9)18-7-5-12(17)15-11-4-6-14-16-11/h1-4,6,8H,5,7,13H2,(H2,14,15,16,17). The van der Waals surface area contributed by atoms with Gasteiger partial charge < -0.3 is 15.8 Å². The highest BCUT2D eigenvalue weighted by atomic mass is 16.5. The first-order valence-electron chi connectivity index (χ1n) is 5.51. The Morgan fingerprint density at radius 2 is 2.33 bits per heavy atom. The van der Waals surface area contributed by atoms with Gasteiger partial charge in [-0.3, -0.25) is 9.89 Å². The zero-order chi connectivity index (χ0) is 12.8. The van der Waals surface area contributed by atoms with Gasteiger partial charge in [-0.15, -0.1) is 0 Å². The number of nitrogens with zero attached hydrogens (tertiary/aromatic N) is 1. The van der Waals surface area contributed by atoms with Gasteiger partial charge in [0.1, 0.15) is 11.6 Å². The molecule has 2 aromatic rings. The smallest absolute Gasteiger partial charge is 0.228 e. The number of hydrogen-bond donors (Lipinski definition) is 3. The molecule has 0 fully saturated rings. The van der Waals surface area contributed by atoms with E-state index in [2.05, 4.69) is 15.5 Å². The van der Waals surface area contributed by atoms with Crippen LogP contribution in [0.5, 0.6) is 5.75 Å². The molecule has 0 aliphatic carbocycles. The summed E-state index contributed by atoms with van der Waals surface area (Å²) in [5.41, 5.74) is 6.24. The number of aromatic nitrogens is 2. The Balaban J connectivity index is 1.73. The van der Waals surface area contributed by atoms with Crippen molar-refractivity contribution in [2.75, 3.05) is 17.7 Å². The number of carbonyl (C=O) groups excluding carboxylic acids is 1. The van der Waals surface area contributed by atoms with E-state index in [9.17, 15) is 4.79 Å². The van der Waals surface area contributed by atoms with Crippen molar-refractivity contribution in [2.24, 2.45) is 0 Å². The van der Waals surface area contributed by atoms with E-state index in [1.165, 1.54) is 0 Å². The lowest BCUT2D eigenvalue weighted by atomic mass is 10.3. The number of H-pyrrole nitrogens is 1. The first-order valence-corrected chi connectivity index (χ1v) is 5.51. The Bertz CT molecular complexity index is 511. The van der Waals surface area contributed by atoms with E-state index in [4.69, 9.17) is 10.5 Å². The number of benzene rings is 1. The molecule has 0 aliphatic heterocycles. The number of nitrogens with two attached hydrogens (primary N) is 1. The van der Waals surface area contributed by atoms with Gasteiger partial charge in [0.2, 0.25) is 5.91 Å². The molecular weight excluding hydrogens is 232 g/mol. The van der Waals surface area contributed by atoms with Crippen molar-refractivity contribution in [3.8, 4) is 5.75 Å². The highest BCUT2D eigenvalue weighted by Crippen LogP contribution is 2.14. The molecule has 4 N–H and O–H groups in total. The summed E-state index contributed by atoms with van der Waals surface area (Å²) in [4.78, 5) is 11.5. The Kier molecular flexibility index (Phi) is 3.80. The topological polar surface area (TPSA) is 93.0 Å². The molecule has 2 rings (SSSR count). The summed E-state index contributed by atoms with van der Waals surface area (Å²) in [6.07, 6.45) is 1.83. The van der Waals surface area contributed by atoms with Gasteiger partial charge >= 0.3 is 0 Å². The van der Waals surface area contributed by atoms with Crippen LogP contribution in [0.2, 0.25) is 0 Å². The van der Waals surface area contributed by atoms with Gasteiger partial charge in [0, 0.05) is 17.8 Å². The Morgan fingerprint density at radius 3 is 3.06 bits per heavy atom. The Morgan fingerprint density at radius 1 is 1.44 bits per heavy atom. The van der Waals surface area contributed by atoms with E-state index >= 15 is 0 Å². The number of nitrogens with one attached hydrogen (secondary N) is 2. The van der Waals surface area contributed by atoms with Crippen LogP contribution in [0, 0.1) is 0 Å². The quantitative estimate of drug-likeness (QED) is 0.695. The number of anilines is 2. The van der Waals surface area contributed by atoms with E-state index < -0.39 is 0 Å². The van der Waals surface area contributed by atoms with Crippen molar-refractivity contribution < 1.29 is 9.53 Å². The minimum atomic E-state index is -0.136. The van der Waals surface area contributed by atoms with E-state index in [1.54, 1.807) is 36.5 Å². The summed E-state index contributed by atoms with van der Waals surface area (Å²) < 4.78 is 5.41. The zero-order valence-corrected chi connectivity index (χ0v) is 9.72. The molecule has 1 aromatic heterocycles. The average molecular weight is 246 g/mol. The maximum atomic E-state index is 11.5. The maximum Gasteiger partial charge on any atom is 0.228 e. The number of rotatable bonds is 5. The monoisotopic (exact) mass is 246 g/mol. The fourth-order valence-corrected chi connectivity index (χ4v) is 1.40. The molecule has 0 bridgehead atoms. The highest BCUT2D eigenvalue weighted by Gasteiger charge is 2.03. The predicted molar refractivity (Wildman–Crippen MR) is 68.2 cm³/mol. The third-order valence-corrected chi connectivity index (χ3v) is 2.23. The molecule has 94 valence electrons. The second kappa shape index (κ2) is 5.72. The summed E-state index contributed by atoms with van der Waals surface area (Å²) >= 11 is 0. The van der Waals surface area contributed by atoms with Crippen LogP contribution in [-0.2, 0) is 4.79 Å². The molecule has 0 spiro atoms. The number of hydrogen-bond acceptors (Lipinski definition) is 4. The van der Waals surface area contributed by atoms with Gasteiger partial charge in [0.05, 0.1) is 19.2 Å². The number of carbonyl (C=O) groups is 1. The number of aromatic amines is 1. The summed E-state index contributed by atoms with van der Waals surface area (Å²) in [6.45, 7) is 0.295. The Hall–Kier alpha value is -2.50. The number of nitrogen functional groups attached to an aromatic ring is 1. The van der Waals surface area contributed by atoms with Crippen LogP contribution in [0.4, 0.5) is 11.5 Å². The molecule has 0 atom stereocenters. The van der Waals surface area contributed by atoms with Crippen molar-refractivity contribution in [2.45, 2.75) is 6.42 Å². The molecule has 0 aliphatic rings. The van der Waals surface area contributed by atoms with Crippen molar-refractivity contribution in [1.29, 1.82) is 0 Å². The fourth-order valence-electron chi connectivity index (χ4n) is 1.40. The van der Waals surface area contributed by atoms with E-state index in [-0.39, 0.29) is 12.3 Å². The molecule has 0 saturated heterocycles. The van der Waals surface area contributed by atoms with Crippen LogP contribution in [0.25, 0.3) is 0 Å². The maximum absolute atomic E-state index is 11.5. The van der Waals surface area contributed by atoms with Gasteiger partial charge in [-0.1, -0.05) is 6.07 Å². The summed E-state index contributed by atoms with van der Waals surface area (Å²) in [5.74, 6) is 1.09. The molecule has 1 amide bonds. The minimum absolute atomic E-state index is 0.136. The number of ether oxygens (including phenoxy) is 1. The van der Waals surface area contributed by atoms with Crippen molar-refractivity contribution in [3.63, 3.8) is 0 Å². The van der Waals surface area contributed by atoms with Gasteiger partial charge in [-0.2, -0.15) is 5.10 Å². The van der Waals surface area contributed by atoms with Crippen molar-refractivity contribution in [1.82, 2.24) is 10.2 Å². The molecule has 6 heteroatoms. The minimum Gasteiger partial charge on any atom is -0.493 e. The van der Waals surface area contributed by atoms with Crippen molar-refractivity contribution in [3.05, 3.63) is 36.5 Å². The summed E-state index contributed by atoms with van der Waals surface area (Å²) in [7, 11) is 0. The third kappa shape index (κ3) is 3.51. The summed E-state index contributed by atoms with van der Waals surface area (Å²) in [6, 6.07) is 8.76. The fraction of sp³-hybridized carbons (Fsp3) is 0.167. The first-order chi connectivity index (χ1) is 8.74. The second-order valence-electron chi connectivity index (χ2n) is 3.69. The highest BCUT2D eigenvalue weighted by molar-refractivity contribution is 5.89. The second-order valence-corrected chi connectivity index (χ2v) is 3.69. The average Bonchev–Trinajstić information content (AvgIpc) is 2.82. The molecule has 1 heterocycles. The van der Waals surface area contributed by atoms with Gasteiger partial charge in [0.15, 0.2) is 0 Å². The van der Waals surface area contributed by atoms with E-state index in [0.29, 0.717) is 23.9 Å². The SMILES string of the molecule is Nc1cccc(OCCC(=O)Nc2ccn[nH]2)c1.